The average molecular weight is 321 g/mol. The number of pyridine rings is 1. The minimum Gasteiger partial charge on any atom is -0.313 e. The van der Waals surface area contributed by atoms with Gasteiger partial charge in [0, 0.05) is 37.2 Å². The third-order valence-electron chi connectivity index (χ3n) is 2.53. The molecular formula is C18H31N3O2. The first-order chi connectivity index (χ1) is 11.1. The van der Waals surface area contributed by atoms with Crippen LogP contribution >= 0.6 is 0 Å². The Labute approximate surface area is 139 Å². The Bertz CT molecular complexity index is 616. The van der Waals surface area contributed by atoms with E-state index in [1.807, 2.05) is 54.5 Å². The lowest BCUT2D eigenvalue weighted by atomic mass is 10.3. The molecule has 0 saturated carbocycles. The van der Waals surface area contributed by atoms with Crippen LogP contribution < -0.4 is 11.2 Å². The molecule has 130 valence electrons. The van der Waals surface area contributed by atoms with Crippen molar-refractivity contribution in [2.24, 2.45) is 0 Å². The molecule has 2 aromatic heterocycles. The van der Waals surface area contributed by atoms with Crippen molar-refractivity contribution in [3.63, 3.8) is 0 Å². The largest absolute Gasteiger partial charge is 0.347 e. The molecule has 2 rings (SSSR count). The van der Waals surface area contributed by atoms with Crippen molar-refractivity contribution in [3.8, 4) is 0 Å². The van der Waals surface area contributed by atoms with Crippen molar-refractivity contribution in [2.75, 3.05) is 0 Å². The van der Waals surface area contributed by atoms with E-state index in [1.54, 1.807) is 39.7 Å². The fraction of sp³-hybridized carbons (Fsp3) is 0.500. The summed E-state index contributed by atoms with van der Waals surface area (Å²) in [5.74, 6) is 0. The Morgan fingerprint density at radius 3 is 1.96 bits per heavy atom. The molecule has 0 radical (unpaired) electrons. The van der Waals surface area contributed by atoms with E-state index in [9.17, 15) is 9.59 Å². The molecule has 0 aliphatic heterocycles. The highest BCUT2D eigenvalue weighted by atomic mass is 16.1. The summed E-state index contributed by atoms with van der Waals surface area (Å²) in [7, 11) is 0. The molecule has 0 bridgehead atoms. The van der Waals surface area contributed by atoms with Crippen LogP contribution in [0.4, 0.5) is 0 Å². The highest BCUT2D eigenvalue weighted by Crippen LogP contribution is 1.96. The van der Waals surface area contributed by atoms with Crippen molar-refractivity contribution < 1.29 is 0 Å². The first kappa shape index (κ1) is 23.1. The quantitative estimate of drug-likeness (QED) is 0.846. The van der Waals surface area contributed by atoms with E-state index in [-0.39, 0.29) is 17.3 Å². The van der Waals surface area contributed by atoms with Gasteiger partial charge in [0.05, 0.1) is 0 Å². The van der Waals surface area contributed by atoms with Crippen molar-refractivity contribution >= 4 is 0 Å². The molecule has 0 aliphatic carbocycles. The Morgan fingerprint density at radius 1 is 1.00 bits per heavy atom. The predicted octanol–water partition coefficient (Wildman–Crippen LogP) is 3.74. The fourth-order valence-electron chi connectivity index (χ4n) is 1.49. The first-order valence-electron chi connectivity index (χ1n) is 8.25. The van der Waals surface area contributed by atoms with Crippen LogP contribution in [0.2, 0.25) is 0 Å². The Balaban J connectivity index is 0. The second-order valence-corrected chi connectivity index (χ2v) is 4.23. The van der Waals surface area contributed by atoms with Gasteiger partial charge in [-0.2, -0.15) is 0 Å². The summed E-state index contributed by atoms with van der Waals surface area (Å²) in [6, 6.07) is 7.18. The highest BCUT2D eigenvalue weighted by Gasteiger charge is 1.95. The summed E-state index contributed by atoms with van der Waals surface area (Å²) in [6.45, 7) is 14.6. The van der Waals surface area contributed by atoms with E-state index in [0.29, 0.717) is 6.54 Å². The van der Waals surface area contributed by atoms with Crippen molar-refractivity contribution in [2.45, 2.75) is 61.1 Å². The standard InChI is InChI=1S/C8H11NO.C6H8N2O.2C2H6/c1-7(2)9-6-4-3-5-8(9)10;1-2-8-5-3-4-7-6(8)9;2*1-2/h3-7H,1-2H3;3-5H,2H2,1H3;2*1-2H3. The average Bonchev–Trinajstić information content (AvgIpc) is 2.60. The summed E-state index contributed by atoms with van der Waals surface area (Å²) in [5, 5.41) is 0. The van der Waals surface area contributed by atoms with Gasteiger partial charge in [0.2, 0.25) is 0 Å². The molecule has 0 aromatic carbocycles. The predicted molar refractivity (Wildman–Crippen MR) is 98.0 cm³/mol. The van der Waals surface area contributed by atoms with Crippen LogP contribution in [0.5, 0.6) is 0 Å². The minimum atomic E-state index is -0.181. The number of hydrogen-bond donors (Lipinski definition) is 0. The zero-order valence-electron chi connectivity index (χ0n) is 15.5. The second kappa shape index (κ2) is 14.8. The number of hydrogen-bond acceptors (Lipinski definition) is 3. The van der Waals surface area contributed by atoms with E-state index in [1.165, 1.54) is 6.20 Å². The van der Waals surface area contributed by atoms with Gasteiger partial charge in [-0.1, -0.05) is 33.8 Å². The monoisotopic (exact) mass is 321 g/mol. The zero-order valence-corrected chi connectivity index (χ0v) is 15.5. The molecule has 5 heteroatoms. The van der Waals surface area contributed by atoms with E-state index in [0.717, 1.165) is 0 Å². The first-order valence-corrected chi connectivity index (χ1v) is 8.25. The molecule has 0 amide bonds. The van der Waals surface area contributed by atoms with Gasteiger partial charge in [-0.3, -0.25) is 9.36 Å². The maximum Gasteiger partial charge on any atom is 0.347 e. The number of aromatic nitrogens is 3. The normalized spacial score (nSPS) is 8.70. The molecule has 0 N–H and O–H groups in total. The van der Waals surface area contributed by atoms with Gasteiger partial charge >= 0.3 is 5.69 Å². The topological polar surface area (TPSA) is 56.9 Å². The third kappa shape index (κ3) is 9.45. The van der Waals surface area contributed by atoms with E-state index in [4.69, 9.17) is 0 Å². The van der Waals surface area contributed by atoms with Gasteiger partial charge in [-0.25, -0.2) is 9.78 Å². The molecule has 2 aromatic rings. The van der Waals surface area contributed by atoms with Crippen molar-refractivity contribution in [1.29, 1.82) is 0 Å². The Hall–Kier alpha value is -2.17. The SMILES string of the molecule is CC.CC.CC(C)n1ccccc1=O.CCn1cccnc1=O. The van der Waals surface area contributed by atoms with Gasteiger partial charge in [0.25, 0.3) is 5.56 Å². The molecule has 23 heavy (non-hydrogen) atoms. The molecule has 0 fully saturated rings. The van der Waals surface area contributed by atoms with Crippen molar-refractivity contribution in [3.05, 3.63) is 63.7 Å². The smallest absolute Gasteiger partial charge is 0.313 e. The highest BCUT2D eigenvalue weighted by molar-refractivity contribution is 4.94. The van der Waals surface area contributed by atoms with Crippen LogP contribution in [0.25, 0.3) is 0 Å². The van der Waals surface area contributed by atoms with E-state index in [2.05, 4.69) is 4.98 Å². The molecule has 5 nitrogen and oxygen atoms in total. The lowest BCUT2D eigenvalue weighted by Crippen LogP contribution is -2.19. The van der Waals surface area contributed by atoms with Gasteiger partial charge in [-0.05, 0) is 32.9 Å². The third-order valence-corrected chi connectivity index (χ3v) is 2.53. The summed E-state index contributed by atoms with van der Waals surface area (Å²) in [5.41, 5.74) is -0.113. The van der Waals surface area contributed by atoms with Crippen molar-refractivity contribution in [1.82, 2.24) is 14.1 Å². The van der Waals surface area contributed by atoms with Crippen LogP contribution in [-0.2, 0) is 6.54 Å². The van der Waals surface area contributed by atoms with E-state index >= 15 is 0 Å². The van der Waals surface area contributed by atoms with Crippen LogP contribution in [0, 0.1) is 0 Å². The zero-order chi connectivity index (χ0) is 18.3. The summed E-state index contributed by atoms with van der Waals surface area (Å²) in [6.07, 6.45) is 5.01. The van der Waals surface area contributed by atoms with Crippen LogP contribution in [-0.4, -0.2) is 14.1 Å². The van der Waals surface area contributed by atoms with Gasteiger partial charge < -0.3 is 4.57 Å². The van der Waals surface area contributed by atoms with Crippen LogP contribution in [0.15, 0.2) is 52.4 Å². The molecule has 0 atom stereocenters. The van der Waals surface area contributed by atoms with E-state index < -0.39 is 0 Å². The van der Waals surface area contributed by atoms with Gasteiger partial charge in [0.1, 0.15) is 0 Å². The van der Waals surface area contributed by atoms with Crippen LogP contribution in [0.1, 0.15) is 54.5 Å². The summed E-state index contributed by atoms with van der Waals surface area (Å²) in [4.78, 5) is 25.3. The molecule has 2 heterocycles. The fourth-order valence-corrected chi connectivity index (χ4v) is 1.49. The minimum absolute atomic E-state index is 0.0671. The van der Waals surface area contributed by atoms with Crippen LogP contribution in [0.3, 0.4) is 0 Å². The molecule has 0 spiro atoms. The summed E-state index contributed by atoms with van der Waals surface area (Å²) >= 11 is 0. The molecular weight excluding hydrogens is 290 g/mol. The second-order valence-electron chi connectivity index (χ2n) is 4.23. The maximum atomic E-state index is 11.0. The lowest BCUT2D eigenvalue weighted by molar-refractivity contribution is 0.578. The van der Waals surface area contributed by atoms with Gasteiger partial charge in [0.15, 0.2) is 0 Å². The van der Waals surface area contributed by atoms with Gasteiger partial charge in [-0.15, -0.1) is 0 Å². The molecule has 0 unspecified atom stereocenters. The summed E-state index contributed by atoms with van der Waals surface area (Å²) < 4.78 is 3.24. The number of aryl methyl sites for hydroxylation is 1. The number of nitrogens with zero attached hydrogens (tertiary/aromatic N) is 3. The Morgan fingerprint density at radius 2 is 1.61 bits per heavy atom. The Kier molecular flexibility index (Phi) is 14.8. The molecule has 0 aliphatic rings. The maximum absolute atomic E-state index is 11.0. The molecule has 0 saturated heterocycles. The lowest BCUT2D eigenvalue weighted by Gasteiger charge is -2.06. The number of rotatable bonds is 2.